The molecule has 1 unspecified atom stereocenters. The Morgan fingerprint density at radius 2 is 2.28 bits per heavy atom. The van der Waals surface area contributed by atoms with Gasteiger partial charge >= 0.3 is 5.97 Å². The summed E-state index contributed by atoms with van der Waals surface area (Å²) < 4.78 is 0. The van der Waals surface area contributed by atoms with E-state index in [0.717, 1.165) is 5.69 Å². The zero-order valence-corrected chi connectivity index (χ0v) is 11.5. The number of anilines is 1. The number of likely N-dealkylation sites (N-methyl/N-ethyl adjacent to an activating group) is 1. The molecular formula is C11H17N3O3S. The molecule has 1 aromatic heterocycles. The Morgan fingerprint density at radius 1 is 1.61 bits per heavy atom. The Bertz CT molecular complexity index is 433. The first-order valence-electron chi connectivity index (χ1n) is 5.52. The van der Waals surface area contributed by atoms with Crippen LogP contribution in [0.25, 0.3) is 0 Å². The number of aliphatic carboxylic acids is 1. The Hall–Kier alpha value is -1.47. The van der Waals surface area contributed by atoms with E-state index in [9.17, 15) is 9.59 Å². The summed E-state index contributed by atoms with van der Waals surface area (Å²) >= 11 is 1.37. The molecule has 1 rings (SSSR count). The van der Waals surface area contributed by atoms with Crippen LogP contribution in [-0.4, -0.2) is 47.0 Å². The maximum absolute atomic E-state index is 11.6. The van der Waals surface area contributed by atoms with Crippen LogP contribution < -0.4 is 5.32 Å². The van der Waals surface area contributed by atoms with Crippen LogP contribution in [0.3, 0.4) is 0 Å². The molecule has 0 aliphatic carbocycles. The molecule has 0 saturated carbocycles. The van der Waals surface area contributed by atoms with Crippen molar-refractivity contribution in [2.75, 3.05) is 25.5 Å². The minimum Gasteiger partial charge on any atom is -0.481 e. The SMILES string of the molecule is Cc1csc(NC(=O)CN(C)CC(C)C(=O)O)n1. The molecule has 0 fully saturated rings. The maximum atomic E-state index is 11.6. The predicted octanol–water partition coefficient (Wildman–Crippen LogP) is 1.04. The molecule has 0 radical (unpaired) electrons. The van der Waals surface area contributed by atoms with Gasteiger partial charge in [-0.2, -0.15) is 0 Å². The number of carbonyl (C=O) groups is 2. The molecular weight excluding hydrogens is 254 g/mol. The quantitative estimate of drug-likeness (QED) is 0.808. The topological polar surface area (TPSA) is 82.5 Å². The van der Waals surface area contributed by atoms with Crippen LogP contribution in [0, 0.1) is 12.8 Å². The fourth-order valence-corrected chi connectivity index (χ4v) is 2.13. The average molecular weight is 271 g/mol. The van der Waals surface area contributed by atoms with Crippen LogP contribution in [0.2, 0.25) is 0 Å². The zero-order chi connectivity index (χ0) is 13.7. The van der Waals surface area contributed by atoms with E-state index in [4.69, 9.17) is 5.11 Å². The van der Waals surface area contributed by atoms with Crippen LogP contribution >= 0.6 is 11.3 Å². The highest BCUT2D eigenvalue weighted by atomic mass is 32.1. The van der Waals surface area contributed by atoms with Crippen molar-refractivity contribution in [2.24, 2.45) is 5.92 Å². The number of hydrogen-bond donors (Lipinski definition) is 2. The predicted molar refractivity (Wildman–Crippen MR) is 69.8 cm³/mol. The Morgan fingerprint density at radius 3 is 2.78 bits per heavy atom. The van der Waals surface area contributed by atoms with E-state index in [1.807, 2.05) is 12.3 Å². The lowest BCUT2D eigenvalue weighted by atomic mass is 10.2. The summed E-state index contributed by atoms with van der Waals surface area (Å²) in [4.78, 5) is 28.1. The molecule has 1 aromatic rings. The molecule has 0 bridgehead atoms. The number of nitrogens with zero attached hydrogens (tertiary/aromatic N) is 2. The number of thiazole rings is 1. The van der Waals surface area contributed by atoms with Gasteiger partial charge in [-0.25, -0.2) is 4.98 Å². The third-order valence-corrected chi connectivity index (χ3v) is 3.16. The van der Waals surface area contributed by atoms with Gasteiger partial charge in [0.2, 0.25) is 5.91 Å². The summed E-state index contributed by atoms with van der Waals surface area (Å²) in [6.07, 6.45) is 0. The number of carboxylic acid groups (broad SMARTS) is 1. The standard InChI is InChI=1S/C11H17N3O3S/c1-7(10(16)17)4-14(3)5-9(15)13-11-12-8(2)6-18-11/h6-7H,4-5H2,1-3H3,(H,16,17)(H,12,13,15). The van der Waals surface area contributed by atoms with Crippen LogP contribution in [0.15, 0.2) is 5.38 Å². The molecule has 0 aliphatic heterocycles. The summed E-state index contributed by atoms with van der Waals surface area (Å²) in [7, 11) is 1.71. The highest BCUT2D eigenvalue weighted by molar-refractivity contribution is 7.13. The van der Waals surface area contributed by atoms with Crippen LogP contribution in [0.5, 0.6) is 0 Å². The van der Waals surface area contributed by atoms with Crippen LogP contribution in [0.4, 0.5) is 5.13 Å². The number of rotatable bonds is 6. The molecule has 100 valence electrons. The third-order valence-electron chi connectivity index (χ3n) is 2.29. The van der Waals surface area contributed by atoms with Crippen molar-refractivity contribution < 1.29 is 14.7 Å². The molecule has 0 saturated heterocycles. The number of carbonyl (C=O) groups excluding carboxylic acids is 1. The van der Waals surface area contributed by atoms with Crippen molar-refractivity contribution in [1.29, 1.82) is 0 Å². The highest BCUT2D eigenvalue weighted by Gasteiger charge is 2.15. The van der Waals surface area contributed by atoms with Crippen LogP contribution in [-0.2, 0) is 9.59 Å². The molecule has 2 N–H and O–H groups in total. The van der Waals surface area contributed by atoms with E-state index in [0.29, 0.717) is 11.7 Å². The summed E-state index contributed by atoms with van der Waals surface area (Å²) in [6.45, 7) is 3.95. The van der Waals surface area contributed by atoms with Gasteiger partial charge in [0.05, 0.1) is 18.2 Å². The van der Waals surface area contributed by atoms with E-state index in [-0.39, 0.29) is 12.5 Å². The van der Waals surface area contributed by atoms with Crippen LogP contribution in [0.1, 0.15) is 12.6 Å². The van der Waals surface area contributed by atoms with Crippen molar-refractivity contribution in [1.82, 2.24) is 9.88 Å². The first-order chi connectivity index (χ1) is 8.38. The molecule has 1 heterocycles. The molecule has 1 amide bonds. The smallest absolute Gasteiger partial charge is 0.307 e. The normalized spacial score (nSPS) is 12.4. The van der Waals surface area contributed by atoms with Gasteiger partial charge in [0, 0.05) is 11.9 Å². The first-order valence-corrected chi connectivity index (χ1v) is 6.39. The van der Waals surface area contributed by atoms with Gasteiger partial charge < -0.3 is 10.4 Å². The van der Waals surface area contributed by atoms with Gasteiger partial charge in [0.15, 0.2) is 5.13 Å². The number of aromatic nitrogens is 1. The minimum absolute atomic E-state index is 0.149. The fraction of sp³-hybridized carbons (Fsp3) is 0.545. The summed E-state index contributed by atoms with van der Waals surface area (Å²) in [6, 6.07) is 0. The maximum Gasteiger partial charge on any atom is 0.307 e. The average Bonchev–Trinajstić information content (AvgIpc) is 2.62. The number of aryl methyl sites for hydroxylation is 1. The molecule has 7 heteroatoms. The summed E-state index contributed by atoms with van der Waals surface area (Å²) in [5.74, 6) is -1.55. The van der Waals surface area contributed by atoms with Gasteiger partial charge in [0.1, 0.15) is 0 Å². The summed E-state index contributed by atoms with van der Waals surface area (Å²) in [5, 5.41) is 13.9. The lowest BCUT2D eigenvalue weighted by Crippen LogP contribution is -2.35. The van der Waals surface area contributed by atoms with Gasteiger partial charge in [-0.1, -0.05) is 6.92 Å². The van der Waals surface area contributed by atoms with Crippen molar-refractivity contribution in [2.45, 2.75) is 13.8 Å². The lowest BCUT2D eigenvalue weighted by molar-refractivity contribution is -0.141. The highest BCUT2D eigenvalue weighted by Crippen LogP contribution is 2.14. The van der Waals surface area contributed by atoms with Crippen molar-refractivity contribution in [3.05, 3.63) is 11.1 Å². The van der Waals surface area contributed by atoms with Crippen molar-refractivity contribution >= 4 is 28.3 Å². The summed E-state index contributed by atoms with van der Waals surface area (Å²) in [5.41, 5.74) is 0.864. The zero-order valence-electron chi connectivity index (χ0n) is 10.6. The monoisotopic (exact) mass is 271 g/mol. The Kier molecular flexibility index (Phi) is 5.24. The Labute approximate surface area is 110 Å². The molecule has 0 aromatic carbocycles. The van der Waals surface area contributed by atoms with E-state index >= 15 is 0 Å². The number of carboxylic acids is 1. The molecule has 18 heavy (non-hydrogen) atoms. The van der Waals surface area contributed by atoms with Crippen molar-refractivity contribution in [3.63, 3.8) is 0 Å². The fourth-order valence-electron chi connectivity index (χ4n) is 1.43. The van der Waals surface area contributed by atoms with Crippen molar-refractivity contribution in [3.8, 4) is 0 Å². The third kappa shape index (κ3) is 4.80. The second-order valence-corrected chi connectivity index (χ2v) is 5.14. The van der Waals surface area contributed by atoms with E-state index in [2.05, 4.69) is 10.3 Å². The number of nitrogens with one attached hydrogen (secondary N) is 1. The molecule has 0 spiro atoms. The minimum atomic E-state index is -0.863. The van der Waals surface area contributed by atoms with Gasteiger partial charge in [-0.3, -0.25) is 14.5 Å². The number of amides is 1. The lowest BCUT2D eigenvalue weighted by Gasteiger charge is -2.17. The Balaban J connectivity index is 2.38. The second kappa shape index (κ2) is 6.46. The number of hydrogen-bond acceptors (Lipinski definition) is 5. The van der Waals surface area contributed by atoms with E-state index < -0.39 is 11.9 Å². The largest absolute Gasteiger partial charge is 0.481 e. The van der Waals surface area contributed by atoms with Gasteiger partial charge in [-0.05, 0) is 14.0 Å². The molecule has 6 nitrogen and oxygen atoms in total. The van der Waals surface area contributed by atoms with Gasteiger partial charge in [-0.15, -0.1) is 11.3 Å². The van der Waals surface area contributed by atoms with Gasteiger partial charge in [0.25, 0.3) is 0 Å². The second-order valence-electron chi connectivity index (χ2n) is 4.28. The van der Waals surface area contributed by atoms with E-state index in [1.165, 1.54) is 11.3 Å². The molecule has 0 aliphatic rings. The van der Waals surface area contributed by atoms with E-state index in [1.54, 1.807) is 18.9 Å². The molecule has 1 atom stereocenters. The first kappa shape index (κ1) is 14.6.